The molecule has 1 atom stereocenters. The number of rotatable bonds is 3. The summed E-state index contributed by atoms with van der Waals surface area (Å²) in [6.07, 6.45) is 2.09. The van der Waals surface area contributed by atoms with E-state index in [0.717, 1.165) is 42.8 Å². The molecule has 3 aliphatic heterocycles. The van der Waals surface area contributed by atoms with Crippen LogP contribution in [0.3, 0.4) is 0 Å². The number of fused-ring (bicyclic) bond motifs is 4. The van der Waals surface area contributed by atoms with E-state index >= 15 is 0 Å². The fraction of sp³-hybridized carbons (Fsp3) is 0.440. The predicted octanol–water partition coefficient (Wildman–Crippen LogP) is 4.04. The number of nitrogens with two attached hydrogens (primary N) is 1. The van der Waals surface area contributed by atoms with Crippen LogP contribution < -0.4 is 15.2 Å². The fourth-order valence-electron chi connectivity index (χ4n) is 4.46. The highest BCUT2D eigenvalue weighted by molar-refractivity contribution is 5.95. The minimum Gasteiger partial charge on any atom is -0.493 e. The summed E-state index contributed by atoms with van der Waals surface area (Å²) in [6.45, 7) is 8.79. The van der Waals surface area contributed by atoms with Crippen molar-refractivity contribution < 1.29 is 19.0 Å². The lowest BCUT2D eigenvalue weighted by molar-refractivity contribution is 0.0792. The molecule has 5 rings (SSSR count). The van der Waals surface area contributed by atoms with E-state index in [4.69, 9.17) is 24.9 Å². The van der Waals surface area contributed by atoms with Crippen molar-refractivity contribution >= 4 is 11.9 Å². The molecular weight excluding hydrogens is 406 g/mol. The van der Waals surface area contributed by atoms with E-state index in [1.807, 2.05) is 41.3 Å². The molecule has 3 aliphatic rings. The van der Waals surface area contributed by atoms with Gasteiger partial charge in [-0.05, 0) is 54.7 Å². The van der Waals surface area contributed by atoms with E-state index in [1.165, 1.54) is 0 Å². The zero-order valence-corrected chi connectivity index (χ0v) is 18.8. The van der Waals surface area contributed by atoms with Crippen molar-refractivity contribution in [1.29, 1.82) is 0 Å². The first-order valence-corrected chi connectivity index (χ1v) is 11.1. The van der Waals surface area contributed by atoms with Gasteiger partial charge < -0.3 is 24.8 Å². The molecule has 0 unspecified atom stereocenters. The number of amidine groups is 1. The Balaban J connectivity index is 1.57. The second kappa shape index (κ2) is 7.43. The van der Waals surface area contributed by atoms with Crippen molar-refractivity contribution in [2.75, 3.05) is 26.3 Å². The fourth-order valence-corrected chi connectivity index (χ4v) is 4.46. The van der Waals surface area contributed by atoms with E-state index < -0.39 is 5.54 Å². The molecule has 168 valence electrons. The maximum Gasteiger partial charge on any atom is 0.283 e. The average molecular weight is 436 g/mol. The summed E-state index contributed by atoms with van der Waals surface area (Å²) in [7, 11) is 0. The number of hydrogen-bond acceptors (Lipinski definition) is 6. The van der Waals surface area contributed by atoms with Crippen LogP contribution in [0.4, 0.5) is 0 Å². The Morgan fingerprint density at radius 2 is 1.81 bits per heavy atom. The van der Waals surface area contributed by atoms with Crippen LogP contribution in [0.1, 0.15) is 55.1 Å². The molecular formula is C25H29N3O4. The zero-order chi connectivity index (χ0) is 22.5. The lowest BCUT2D eigenvalue weighted by Crippen LogP contribution is -2.32. The van der Waals surface area contributed by atoms with Crippen molar-refractivity contribution in [2.24, 2.45) is 16.1 Å². The van der Waals surface area contributed by atoms with Crippen molar-refractivity contribution in [3.63, 3.8) is 0 Å². The van der Waals surface area contributed by atoms with Crippen LogP contribution in [-0.4, -0.2) is 43.1 Å². The van der Waals surface area contributed by atoms with Gasteiger partial charge in [-0.1, -0.05) is 20.8 Å². The van der Waals surface area contributed by atoms with Gasteiger partial charge in [-0.25, -0.2) is 4.99 Å². The summed E-state index contributed by atoms with van der Waals surface area (Å²) in [6, 6.07) is 11.4. The predicted molar refractivity (Wildman–Crippen MR) is 121 cm³/mol. The minimum atomic E-state index is -0.880. The van der Waals surface area contributed by atoms with Gasteiger partial charge in [0.2, 0.25) is 0 Å². The Hall–Kier alpha value is -3.22. The molecule has 0 saturated carbocycles. The number of likely N-dealkylation sites (tertiary alicyclic amines) is 1. The molecule has 2 N–H and O–H groups in total. The molecule has 32 heavy (non-hydrogen) atoms. The Bertz CT molecular complexity index is 1100. The van der Waals surface area contributed by atoms with E-state index in [2.05, 4.69) is 20.8 Å². The first-order valence-electron chi connectivity index (χ1n) is 11.1. The van der Waals surface area contributed by atoms with Crippen molar-refractivity contribution in [2.45, 2.75) is 39.2 Å². The summed E-state index contributed by atoms with van der Waals surface area (Å²) in [5.41, 5.74) is 7.36. The lowest BCUT2D eigenvalue weighted by Gasteiger charge is -2.34. The SMILES string of the molecule is CC(C)(C)COc1ccc2c(c1)[C@@]1(COC(N)=N1)c1cc(C(=O)N3CCCC3)ccc1O2. The standard InChI is InChI=1S/C25H29N3O4/c1-24(2,3)14-30-17-7-9-21-19(13-17)25(15-31-23(26)27-25)18-12-16(6-8-20(18)32-21)22(29)28-10-4-5-11-28/h6-9,12-13H,4-5,10-11,14-15H2,1-3H3,(H2,26,27)/t25-/m1/s1. The number of carbonyl (C=O) groups excluding carboxylic acids is 1. The Kier molecular flexibility index (Phi) is 4.80. The van der Waals surface area contributed by atoms with Gasteiger partial charge in [-0.2, -0.15) is 0 Å². The van der Waals surface area contributed by atoms with Gasteiger partial charge in [-0.3, -0.25) is 4.79 Å². The maximum absolute atomic E-state index is 13.1. The van der Waals surface area contributed by atoms with Gasteiger partial charge in [0.1, 0.15) is 23.9 Å². The molecule has 2 aromatic carbocycles. The molecule has 1 amide bonds. The molecule has 7 heteroatoms. The Labute approximate surface area is 188 Å². The zero-order valence-electron chi connectivity index (χ0n) is 18.8. The van der Waals surface area contributed by atoms with E-state index in [-0.39, 0.29) is 24.0 Å². The molecule has 1 fully saturated rings. The van der Waals surface area contributed by atoms with Crippen LogP contribution in [0.5, 0.6) is 17.2 Å². The van der Waals surface area contributed by atoms with Crippen LogP contribution in [0.2, 0.25) is 0 Å². The number of benzene rings is 2. The van der Waals surface area contributed by atoms with E-state index in [9.17, 15) is 4.79 Å². The first-order chi connectivity index (χ1) is 15.2. The lowest BCUT2D eigenvalue weighted by atomic mass is 9.80. The number of carbonyl (C=O) groups is 1. The summed E-state index contributed by atoms with van der Waals surface area (Å²) >= 11 is 0. The minimum absolute atomic E-state index is 0.0283. The summed E-state index contributed by atoms with van der Waals surface area (Å²) in [5.74, 6) is 2.10. The molecule has 7 nitrogen and oxygen atoms in total. The molecule has 1 saturated heterocycles. The normalized spacial score (nSPS) is 21.5. The van der Waals surface area contributed by atoms with Crippen LogP contribution >= 0.6 is 0 Å². The number of aliphatic imine (C=N–C) groups is 1. The highest BCUT2D eigenvalue weighted by Crippen LogP contribution is 2.52. The van der Waals surface area contributed by atoms with Crippen molar-refractivity contribution in [1.82, 2.24) is 4.90 Å². The van der Waals surface area contributed by atoms with Gasteiger partial charge in [-0.15, -0.1) is 0 Å². The third kappa shape index (κ3) is 3.55. The van der Waals surface area contributed by atoms with Crippen LogP contribution in [0.25, 0.3) is 0 Å². The smallest absolute Gasteiger partial charge is 0.283 e. The molecule has 0 aromatic heterocycles. The second-order valence-corrected chi connectivity index (χ2v) is 9.92. The maximum atomic E-state index is 13.1. The molecule has 3 heterocycles. The summed E-state index contributed by atoms with van der Waals surface area (Å²) in [5, 5.41) is 0. The highest BCUT2D eigenvalue weighted by atomic mass is 16.5. The highest BCUT2D eigenvalue weighted by Gasteiger charge is 2.47. The summed E-state index contributed by atoms with van der Waals surface area (Å²) < 4.78 is 17.9. The quantitative estimate of drug-likeness (QED) is 0.786. The van der Waals surface area contributed by atoms with Crippen molar-refractivity contribution in [3.8, 4) is 17.2 Å². The first kappa shape index (κ1) is 20.7. The molecule has 0 bridgehead atoms. The third-order valence-electron chi connectivity index (χ3n) is 6.08. The molecule has 2 aromatic rings. The van der Waals surface area contributed by atoms with E-state index in [1.54, 1.807) is 0 Å². The van der Waals surface area contributed by atoms with Crippen LogP contribution in [-0.2, 0) is 10.3 Å². The molecule has 0 radical (unpaired) electrons. The largest absolute Gasteiger partial charge is 0.493 e. The number of amides is 1. The average Bonchev–Trinajstić information content (AvgIpc) is 3.42. The number of hydrogen-bond donors (Lipinski definition) is 1. The third-order valence-corrected chi connectivity index (χ3v) is 6.08. The van der Waals surface area contributed by atoms with Gasteiger partial charge in [0, 0.05) is 29.8 Å². The van der Waals surface area contributed by atoms with E-state index in [0.29, 0.717) is 23.7 Å². The van der Waals surface area contributed by atoms with Crippen LogP contribution in [0, 0.1) is 5.41 Å². The monoisotopic (exact) mass is 435 g/mol. The number of ether oxygens (including phenoxy) is 3. The van der Waals surface area contributed by atoms with Gasteiger partial charge in [0.15, 0.2) is 5.54 Å². The number of nitrogens with zero attached hydrogens (tertiary/aromatic N) is 2. The molecule has 1 spiro atoms. The van der Waals surface area contributed by atoms with Crippen molar-refractivity contribution in [3.05, 3.63) is 53.1 Å². The topological polar surface area (TPSA) is 86.4 Å². The Morgan fingerprint density at radius 1 is 1.12 bits per heavy atom. The van der Waals surface area contributed by atoms with Gasteiger partial charge >= 0.3 is 0 Å². The summed E-state index contributed by atoms with van der Waals surface area (Å²) in [4.78, 5) is 19.7. The Morgan fingerprint density at radius 3 is 2.47 bits per heavy atom. The van der Waals surface area contributed by atoms with Gasteiger partial charge in [0.25, 0.3) is 11.9 Å². The molecule has 0 aliphatic carbocycles. The second-order valence-electron chi connectivity index (χ2n) is 9.92. The van der Waals surface area contributed by atoms with Gasteiger partial charge in [0.05, 0.1) is 6.61 Å². The van der Waals surface area contributed by atoms with Crippen LogP contribution in [0.15, 0.2) is 41.4 Å².